The van der Waals surface area contributed by atoms with Crippen molar-refractivity contribution in [2.24, 2.45) is 0 Å². The number of hydrogen-bond donors (Lipinski definition) is 1. The zero-order valence-electron chi connectivity index (χ0n) is 22.2. The quantitative estimate of drug-likeness (QED) is 0.189. The van der Waals surface area contributed by atoms with Crippen LogP contribution in [-0.2, 0) is 4.74 Å². The summed E-state index contributed by atoms with van der Waals surface area (Å²) < 4.78 is 17.6. The first-order chi connectivity index (χ1) is 18.2. The molecule has 4 aromatic rings. The Labute approximate surface area is 230 Å². The Hall–Kier alpha value is -3.46. The van der Waals surface area contributed by atoms with E-state index < -0.39 is 5.97 Å². The average molecular weight is 547 g/mol. The number of nitrogens with zero attached hydrogens (tertiary/aromatic N) is 1. The Morgan fingerprint density at radius 3 is 2.50 bits per heavy atom. The summed E-state index contributed by atoms with van der Waals surface area (Å²) >= 11 is 3.08. The molecule has 196 valence electrons. The summed E-state index contributed by atoms with van der Waals surface area (Å²) in [6.07, 6.45) is 1.98. The number of rotatable bonds is 7. The van der Waals surface area contributed by atoms with Gasteiger partial charge in [0.2, 0.25) is 0 Å². The molecular weight excluding hydrogens is 516 g/mol. The average Bonchev–Trinajstić information content (AvgIpc) is 3.56. The lowest BCUT2D eigenvalue weighted by atomic mass is 9.82. The monoisotopic (exact) mass is 546 g/mol. The first kappa shape index (κ1) is 26.2. The largest absolute Gasteiger partial charge is 0.496 e. The van der Waals surface area contributed by atoms with E-state index in [0.717, 1.165) is 32.8 Å². The molecule has 8 heteroatoms. The number of hydrogen-bond acceptors (Lipinski definition) is 8. The number of methoxy groups -OCH3 is 2. The first-order valence-electron chi connectivity index (χ1n) is 12.2. The van der Waals surface area contributed by atoms with Crippen LogP contribution in [0.4, 0.5) is 5.69 Å². The first-order valence-corrected chi connectivity index (χ1v) is 14.0. The van der Waals surface area contributed by atoms with E-state index in [-0.39, 0.29) is 17.3 Å². The summed E-state index contributed by atoms with van der Waals surface area (Å²) in [5.74, 6) is 0.481. The van der Waals surface area contributed by atoms with Gasteiger partial charge < -0.3 is 19.5 Å². The SMILES string of the molecule is COc1cc(OC(=O)c2cscn2)ccc1-c1ccc2c(c1C(OC)c1ccc(C)s1)C(C)=CC(C)(C)N2. The summed E-state index contributed by atoms with van der Waals surface area (Å²) in [5.41, 5.74) is 8.03. The number of allylic oxidation sites excluding steroid dienone is 1. The maximum absolute atomic E-state index is 12.5. The maximum Gasteiger partial charge on any atom is 0.363 e. The highest BCUT2D eigenvalue weighted by atomic mass is 32.1. The molecule has 0 fully saturated rings. The molecule has 1 unspecified atom stereocenters. The highest BCUT2D eigenvalue weighted by Gasteiger charge is 2.31. The van der Waals surface area contributed by atoms with Crippen LogP contribution in [0.3, 0.4) is 0 Å². The molecule has 0 bridgehead atoms. The topological polar surface area (TPSA) is 69.7 Å². The third-order valence-corrected chi connectivity index (χ3v) is 8.14. The molecule has 0 radical (unpaired) electrons. The number of aromatic nitrogens is 1. The lowest BCUT2D eigenvalue weighted by Gasteiger charge is -2.35. The summed E-state index contributed by atoms with van der Waals surface area (Å²) in [7, 11) is 3.37. The second-order valence-corrected chi connectivity index (χ2v) is 11.9. The summed E-state index contributed by atoms with van der Waals surface area (Å²) in [4.78, 5) is 18.9. The minimum atomic E-state index is -0.502. The van der Waals surface area contributed by atoms with Crippen LogP contribution in [0.2, 0.25) is 0 Å². The third-order valence-electron chi connectivity index (χ3n) is 6.51. The summed E-state index contributed by atoms with van der Waals surface area (Å²) in [5, 5.41) is 5.33. The number of carbonyl (C=O) groups is 1. The summed E-state index contributed by atoms with van der Waals surface area (Å²) in [6, 6.07) is 13.9. The van der Waals surface area contributed by atoms with Crippen LogP contribution in [0.5, 0.6) is 11.5 Å². The van der Waals surface area contributed by atoms with Crippen LogP contribution < -0.4 is 14.8 Å². The number of thiazole rings is 1. The number of carbonyl (C=O) groups excluding carboxylic acids is 1. The minimum absolute atomic E-state index is 0.168. The van der Waals surface area contributed by atoms with Crippen molar-refractivity contribution < 1.29 is 19.0 Å². The van der Waals surface area contributed by atoms with E-state index in [1.807, 2.05) is 6.07 Å². The van der Waals surface area contributed by atoms with Gasteiger partial charge in [0.1, 0.15) is 17.6 Å². The van der Waals surface area contributed by atoms with E-state index in [4.69, 9.17) is 14.2 Å². The van der Waals surface area contributed by atoms with Crippen LogP contribution in [0.15, 0.2) is 59.4 Å². The molecule has 1 atom stereocenters. The van der Waals surface area contributed by atoms with Crippen molar-refractivity contribution in [2.45, 2.75) is 39.3 Å². The Balaban J connectivity index is 1.67. The van der Waals surface area contributed by atoms with E-state index in [0.29, 0.717) is 11.5 Å². The van der Waals surface area contributed by atoms with Crippen LogP contribution in [-0.4, -0.2) is 30.7 Å². The van der Waals surface area contributed by atoms with Gasteiger partial charge in [-0.2, -0.15) is 0 Å². The number of fused-ring (bicyclic) bond motifs is 1. The Bertz CT molecular complexity index is 1520. The zero-order chi connectivity index (χ0) is 27.0. The maximum atomic E-state index is 12.5. The fourth-order valence-electron chi connectivity index (χ4n) is 5.05. The fraction of sp³-hybridized carbons (Fsp3) is 0.267. The molecule has 1 aliphatic heterocycles. The number of esters is 1. The van der Waals surface area contributed by atoms with Gasteiger partial charge in [0.25, 0.3) is 0 Å². The van der Waals surface area contributed by atoms with Gasteiger partial charge in [0, 0.05) is 50.7 Å². The van der Waals surface area contributed by atoms with Gasteiger partial charge in [0.05, 0.1) is 18.2 Å². The lowest BCUT2D eigenvalue weighted by Crippen LogP contribution is -2.32. The number of nitrogens with one attached hydrogen (secondary N) is 1. The molecule has 6 nitrogen and oxygen atoms in total. The Kier molecular flexibility index (Phi) is 7.13. The third kappa shape index (κ3) is 4.99. The Morgan fingerprint density at radius 2 is 1.84 bits per heavy atom. The van der Waals surface area contributed by atoms with Gasteiger partial charge >= 0.3 is 5.97 Å². The highest BCUT2D eigenvalue weighted by Crippen LogP contribution is 2.48. The number of ether oxygens (including phenoxy) is 3. The highest BCUT2D eigenvalue weighted by molar-refractivity contribution is 7.12. The molecule has 5 rings (SSSR count). The van der Waals surface area contributed by atoms with E-state index in [1.54, 1.807) is 48.6 Å². The normalized spacial score (nSPS) is 14.7. The van der Waals surface area contributed by atoms with E-state index in [9.17, 15) is 4.79 Å². The van der Waals surface area contributed by atoms with E-state index >= 15 is 0 Å². The van der Waals surface area contributed by atoms with Crippen molar-refractivity contribution in [3.63, 3.8) is 0 Å². The van der Waals surface area contributed by atoms with Crippen molar-refractivity contribution >= 4 is 39.9 Å². The van der Waals surface area contributed by atoms with Crippen LogP contribution >= 0.6 is 22.7 Å². The number of benzene rings is 2. The fourth-order valence-corrected chi connectivity index (χ4v) is 6.54. The molecule has 0 amide bonds. The molecule has 0 aliphatic carbocycles. The van der Waals surface area contributed by atoms with E-state index in [1.165, 1.54) is 21.8 Å². The molecule has 3 heterocycles. The summed E-state index contributed by atoms with van der Waals surface area (Å²) in [6.45, 7) is 8.59. The Morgan fingerprint density at radius 1 is 1.05 bits per heavy atom. The van der Waals surface area contributed by atoms with Crippen LogP contribution in [0.25, 0.3) is 16.7 Å². The van der Waals surface area contributed by atoms with Crippen molar-refractivity contribution in [3.8, 4) is 22.6 Å². The molecule has 0 saturated carbocycles. The number of aryl methyl sites for hydroxylation is 1. The van der Waals surface area contributed by atoms with Gasteiger partial charge in [0.15, 0.2) is 5.69 Å². The zero-order valence-corrected chi connectivity index (χ0v) is 23.9. The van der Waals surface area contributed by atoms with Crippen LogP contribution in [0.1, 0.15) is 58.2 Å². The van der Waals surface area contributed by atoms with Crippen molar-refractivity contribution in [1.82, 2.24) is 4.98 Å². The molecule has 38 heavy (non-hydrogen) atoms. The van der Waals surface area contributed by atoms with Crippen molar-refractivity contribution in [3.05, 3.63) is 86.0 Å². The molecule has 0 saturated heterocycles. The molecule has 1 N–H and O–H groups in total. The van der Waals surface area contributed by atoms with Gasteiger partial charge in [-0.15, -0.1) is 22.7 Å². The van der Waals surface area contributed by atoms with Crippen LogP contribution in [0, 0.1) is 6.92 Å². The van der Waals surface area contributed by atoms with Gasteiger partial charge in [-0.25, -0.2) is 9.78 Å². The number of anilines is 1. The standard InChI is InChI=1S/C30H30N2O4S2/c1-17-14-30(3,4)32-22-11-10-21(27(26(17)22)28(35-6)25-12-7-18(2)38-25)20-9-8-19(13-24(20)34-5)36-29(33)23-15-37-16-31-23/h7-16,28,32H,1-6H3. The van der Waals surface area contributed by atoms with Gasteiger partial charge in [-0.1, -0.05) is 12.1 Å². The molecular formula is C30H30N2O4S2. The van der Waals surface area contributed by atoms with Gasteiger partial charge in [-0.3, -0.25) is 0 Å². The molecule has 0 spiro atoms. The van der Waals surface area contributed by atoms with Crippen molar-refractivity contribution in [1.29, 1.82) is 0 Å². The van der Waals surface area contributed by atoms with Gasteiger partial charge in [-0.05, 0) is 69.2 Å². The smallest absolute Gasteiger partial charge is 0.363 e. The second-order valence-electron chi connectivity index (χ2n) is 9.81. The lowest BCUT2D eigenvalue weighted by molar-refractivity contribution is 0.0729. The predicted octanol–water partition coefficient (Wildman–Crippen LogP) is 7.75. The van der Waals surface area contributed by atoms with E-state index in [2.05, 4.69) is 68.3 Å². The molecule has 2 aromatic heterocycles. The minimum Gasteiger partial charge on any atom is -0.496 e. The molecule has 2 aromatic carbocycles. The molecule has 1 aliphatic rings. The predicted molar refractivity (Wildman–Crippen MR) is 155 cm³/mol. The second kappa shape index (κ2) is 10.4. The number of thiophene rings is 1. The van der Waals surface area contributed by atoms with Crippen molar-refractivity contribution in [2.75, 3.05) is 19.5 Å².